The second-order valence-electron chi connectivity index (χ2n) is 5.31. The van der Waals surface area contributed by atoms with Gasteiger partial charge in [0.15, 0.2) is 11.5 Å². The summed E-state index contributed by atoms with van der Waals surface area (Å²) in [5, 5.41) is 10.1. The Morgan fingerprint density at radius 3 is 2.76 bits per heavy atom. The first kappa shape index (κ1) is 12.2. The van der Waals surface area contributed by atoms with Crippen LogP contribution in [0.2, 0.25) is 0 Å². The van der Waals surface area contributed by atoms with Crippen LogP contribution < -0.4 is 4.74 Å². The van der Waals surface area contributed by atoms with Gasteiger partial charge in [0.1, 0.15) is 0 Å². The first-order chi connectivity index (χ1) is 8.04. The third-order valence-corrected chi connectivity index (χ3v) is 3.74. The van der Waals surface area contributed by atoms with Crippen molar-refractivity contribution in [2.24, 2.45) is 0 Å². The van der Waals surface area contributed by atoms with Gasteiger partial charge < -0.3 is 9.84 Å². The zero-order valence-electron chi connectivity index (χ0n) is 10.9. The Labute approximate surface area is 103 Å². The zero-order valence-corrected chi connectivity index (χ0v) is 10.9. The van der Waals surface area contributed by atoms with Gasteiger partial charge in [-0.2, -0.15) is 0 Å². The van der Waals surface area contributed by atoms with Gasteiger partial charge in [0.25, 0.3) is 0 Å². The summed E-state index contributed by atoms with van der Waals surface area (Å²) in [6.45, 7) is 6.41. The molecule has 0 bridgehead atoms. The summed E-state index contributed by atoms with van der Waals surface area (Å²) in [6, 6.07) is 5.68. The number of aromatic hydroxyl groups is 1. The van der Waals surface area contributed by atoms with Crippen LogP contribution in [0.25, 0.3) is 0 Å². The van der Waals surface area contributed by atoms with Crippen LogP contribution in [-0.2, 0) is 6.54 Å². The molecule has 3 nitrogen and oxygen atoms in total. The molecule has 0 aromatic heterocycles. The molecule has 94 valence electrons. The molecule has 1 fully saturated rings. The lowest BCUT2D eigenvalue weighted by atomic mass is 10.0. The van der Waals surface area contributed by atoms with Gasteiger partial charge in [-0.05, 0) is 39.3 Å². The topological polar surface area (TPSA) is 32.7 Å². The van der Waals surface area contributed by atoms with Crippen molar-refractivity contribution in [1.29, 1.82) is 0 Å². The van der Waals surface area contributed by atoms with Gasteiger partial charge in [-0.15, -0.1) is 0 Å². The zero-order chi connectivity index (χ0) is 12.5. The maximum absolute atomic E-state index is 10.1. The summed E-state index contributed by atoms with van der Waals surface area (Å²) < 4.78 is 5.13. The molecule has 1 aromatic carbocycles. The highest BCUT2D eigenvalue weighted by atomic mass is 16.5. The van der Waals surface area contributed by atoms with E-state index in [-0.39, 0.29) is 11.3 Å². The Hall–Kier alpha value is -1.22. The molecule has 0 saturated carbocycles. The predicted molar refractivity (Wildman–Crippen MR) is 68.4 cm³/mol. The van der Waals surface area contributed by atoms with Crippen LogP contribution in [0.15, 0.2) is 18.2 Å². The summed E-state index contributed by atoms with van der Waals surface area (Å²) in [7, 11) is 1.58. The normalized spacial score (nSPS) is 19.5. The Bertz CT molecular complexity index is 401. The van der Waals surface area contributed by atoms with Crippen LogP contribution >= 0.6 is 0 Å². The van der Waals surface area contributed by atoms with Crippen molar-refractivity contribution in [3.05, 3.63) is 23.8 Å². The molecule has 1 heterocycles. The fourth-order valence-electron chi connectivity index (χ4n) is 2.52. The van der Waals surface area contributed by atoms with E-state index < -0.39 is 0 Å². The fraction of sp³-hybridized carbons (Fsp3) is 0.571. The quantitative estimate of drug-likeness (QED) is 0.874. The number of phenols is 1. The minimum absolute atomic E-state index is 0.232. The average molecular weight is 235 g/mol. The molecule has 1 saturated heterocycles. The van der Waals surface area contributed by atoms with E-state index in [0.29, 0.717) is 5.75 Å². The monoisotopic (exact) mass is 235 g/mol. The number of phenolic OH excluding ortho intramolecular Hbond substituents is 1. The molecule has 0 radical (unpaired) electrons. The maximum atomic E-state index is 10.1. The second kappa shape index (κ2) is 4.57. The van der Waals surface area contributed by atoms with Gasteiger partial charge >= 0.3 is 0 Å². The van der Waals surface area contributed by atoms with Crippen molar-refractivity contribution in [2.75, 3.05) is 13.7 Å². The summed E-state index contributed by atoms with van der Waals surface area (Å²) >= 11 is 0. The number of hydrogen-bond acceptors (Lipinski definition) is 3. The molecule has 2 rings (SSSR count). The number of ether oxygens (including phenoxy) is 1. The van der Waals surface area contributed by atoms with Crippen LogP contribution in [0.5, 0.6) is 11.5 Å². The Balaban J connectivity index is 2.19. The molecule has 0 unspecified atom stereocenters. The van der Waals surface area contributed by atoms with E-state index in [0.717, 1.165) is 18.7 Å². The first-order valence-corrected chi connectivity index (χ1v) is 6.14. The van der Waals surface area contributed by atoms with Crippen LogP contribution in [0.4, 0.5) is 0 Å². The minimum atomic E-state index is 0.232. The molecule has 1 aliphatic rings. The van der Waals surface area contributed by atoms with E-state index in [9.17, 15) is 5.11 Å². The average Bonchev–Trinajstić information content (AvgIpc) is 2.61. The van der Waals surface area contributed by atoms with E-state index in [1.165, 1.54) is 12.8 Å². The summed E-state index contributed by atoms with van der Waals surface area (Å²) in [6.07, 6.45) is 2.45. The molecule has 17 heavy (non-hydrogen) atoms. The molecule has 0 aliphatic carbocycles. The minimum Gasteiger partial charge on any atom is -0.504 e. The largest absolute Gasteiger partial charge is 0.504 e. The van der Waals surface area contributed by atoms with E-state index in [4.69, 9.17) is 4.74 Å². The van der Waals surface area contributed by atoms with E-state index in [2.05, 4.69) is 18.7 Å². The molecule has 0 atom stereocenters. The van der Waals surface area contributed by atoms with Crippen molar-refractivity contribution in [3.8, 4) is 11.5 Å². The van der Waals surface area contributed by atoms with Crippen molar-refractivity contribution >= 4 is 0 Å². The molecular formula is C14H21NO2. The molecule has 0 amide bonds. The smallest absolute Gasteiger partial charge is 0.162 e. The fourth-order valence-corrected chi connectivity index (χ4v) is 2.52. The van der Waals surface area contributed by atoms with Crippen molar-refractivity contribution < 1.29 is 9.84 Å². The number of para-hydroxylation sites is 1. The standard InChI is InChI=1S/C14H21NO2/c1-14(2)8-5-9-15(14)10-11-6-4-7-12(17-3)13(11)16/h4,6-7,16H,5,8-10H2,1-3H3. The van der Waals surface area contributed by atoms with Gasteiger partial charge in [-0.1, -0.05) is 12.1 Å². The summed E-state index contributed by atoms with van der Waals surface area (Å²) in [5.41, 5.74) is 1.18. The van der Waals surface area contributed by atoms with Gasteiger partial charge in [0.2, 0.25) is 0 Å². The van der Waals surface area contributed by atoms with Crippen LogP contribution in [0, 0.1) is 0 Å². The molecule has 3 heteroatoms. The molecule has 1 N–H and O–H groups in total. The Kier molecular flexibility index (Phi) is 3.29. The number of benzene rings is 1. The second-order valence-corrected chi connectivity index (χ2v) is 5.31. The van der Waals surface area contributed by atoms with Crippen LogP contribution in [-0.4, -0.2) is 29.2 Å². The van der Waals surface area contributed by atoms with Gasteiger partial charge in [0, 0.05) is 17.6 Å². The molecular weight excluding hydrogens is 214 g/mol. The maximum Gasteiger partial charge on any atom is 0.162 e. The SMILES string of the molecule is COc1cccc(CN2CCCC2(C)C)c1O. The predicted octanol–water partition coefficient (Wildman–Crippen LogP) is 2.78. The molecule has 0 spiro atoms. The highest BCUT2D eigenvalue weighted by Gasteiger charge is 2.32. The van der Waals surface area contributed by atoms with Crippen LogP contribution in [0.1, 0.15) is 32.3 Å². The van der Waals surface area contributed by atoms with E-state index in [1.807, 2.05) is 12.1 Å². The third kappa shape index (κ3) is 2.39. The Morgan fingerprint density at radius 2 is 2.18 bits per heavy atom. The van der Waals surface area contributed by atoms with Crippen molar-refractivity contribution in [2.45, 2.75) is 38.8 Å². The van der Waals surface area contributed by atoms with Crippen LogP contribution in [0.3, 0.4) is 0 Å². The Morgan fingerprint density at radius 1 is 1.41 bits per heavy atom. The summed E-state index contributed by atoms with van der Waals surface area (Å²) in [5.74, 6) is 0.831. The number of likely N-dealkylation sites (tertiary alicyclic amines) is 1. The highest BCUT2D eigenvalue weighted by molar-refractivity contribution is 5.45. The van der Waals surface area contributed by atoms with Crippen molar-refractivity contribution in [3.63, 3.8) is 0 Å². The van der Waals surface area contributed by atoms with E-state index >= 15 is 0 Å². The van der Waals surface area contributed by atoms with Gasteiger partial charge in [0.05, 0.1) is 7.11 Å². The highest BCUT2D eigenvalue weighted by Crippen LogP contribution is 2.34. The number of rotatable bonds is 3. The number of nitrogens with zero attached hydrogens (tertiary/aromatic N) is 1. The lowest BCUT2D eigenvalue weighted by Crippen LogP contribution is -2.37. The van der Waals surface area contributed by atoms with Crippen molar-refractivity contribution in [1.82, 2.24) is 4.90 Å². The first-order valence-electron chi connectivity index (χ1n) is 6.14. The lowest BCUT2D eigenvalue weighted by molar-refractivity contribution is 0.164. The van der Waals surface area contributed by atoms with E-state index in [1.54, 1.807) is 13.2 Å². The van der Waals surface area contributed by atoms with Gasteiger partial charge in [-0.3, -0.25) is 4.90 Å². The molecule has 1 aliphatic heterocycles. The number of methoxy groups -OCH3 is 1. The van der Waals surface area contributed by atoms with Gasteiger partial charge in [-0.25, -0.2) is 0 Å². The lowest BCUT2D eigenvalue weighted by Gasteiger charge is -2.31. The third-order valence-electron chi connectivity index (χ3n) is 3.74. The summed E-state index contributed by atoms with van der Waals surface area (Å²) in [4.78, 5) is 2.42. The number of hydrogen-bond donors (Lipinski definition) is 1. The molecule has 1 aromatic rings.